The van der Waals surface area contributed by atoms with Crippen LogP contribution in [0.4, 0.5) is 0 Å². The van der Waals surface area contributed by atoms with E-state index in [1.54, 1.807) is 7.11 Å². The molecule has 0 radical (unpaired) electrons. The molecule has 1 fully saturated rings. The van der Waals surface area contributed by atoms with Crippen LogP contribution in [0, 0.1) is 5.92 Å². The molecule has 4 nitrogen and oxygen atoms in total. The standard InChI is InChI=1S/C15H25N3O/c1-13-6-9-18(10-7-13)11-8-16-12-14-4-3-5-15(17-14)19-2/h3-5,13,16H,6-12H2,1-2H3. The minimum Gasteiger partial charge on any atom is -0.481 e. The molecule has 4 heteroatoms. The molecule has 19 heavy (non-hydrogen) atoms. The highest BCUT2D eigenvalue weighted by Gasteiger charge is 2.14. The molecule has 2 heterocycles. The van der Waals surface area contributed by atoms with E-state index < -0.39 is 0 Å². The summed E-state index contributed by atoms with van der Waals surface area (Å²) in [5.41, 5.74) is 1.03. The summed E-state index contributed by atoms with van der Waals surface area (Å²) in [5, 5.41) is 3.45. The normalized spacial score (nSPS) is 17.6. The molecule has 0 unspecified atom stereocenters. The molecule has 2 rings (SSSR count). The van der Waals surface area contributed by atoms with Gasteiger partial charge in [0.1, 0.15) is 0 Å². The number of ether oxygens (including phenoxy) is 1. The Morgan fingerprint density at radius 1 is 1.37 bits per heavy atom. The summed E-state index contributed by atoms with van der Waals surface area (Å²) in [5.74, 6) is 1.59. The first kappa shape index (κ1) is 14.3. The van der Waals surface area contributed by atoms with Crippen LogP contribution < -0.4 is 10.1 Å². The zero-order chi connectivity index (χ0) is 13.5. The molecule has 106 valence electrons. The Kier molecular flexibility index (Phi) is 5.61. The molecule has 0 atom stereocenters. The van der Waals surface area contributed by atoms with Gasteiger partial charge in [0.2, 0.25) is 5.88 Å². The molecule has 0 aliphatic carbocycles. The molecule has 0 saturated carbocycles. The van der Waals surface area contributed by atoms with Crippen LogP contribution >= 0.6 is 0 Å². The molecule has 0 bridgehead atoms. The first-order chi connectivity index (χ1) is 9.28. The minimum atomic E-state index is 0.685. The first-order valence-corrected chi connectivity index (χ1v) is 7.21. The second-order valence-electron chi connectivity index (χ2n) is 5.37. The molecular weight excluding hydrogens is 238 g/mol. The van der Waals surface area contributed by atoms with Gasteiger partial charge in [0.05, 0.1) is 12.8 Å². The number of hydrogen-bond acceptors (Lipinski definition) is 4. The zero-order valence-electron chi connectivity index (χ0n) is 12.1. The van der Waals surface area contributed by atoms with Crippen molar-refractivity contribution in [3.63, 3.8) is 0 Å². The third-order valence-corrected chi connectivity index (χ3v) is 3.78. The van der Waals surface area contributed by atoms with Crippen molar-refractivity contribution < 1.29 is 4.74 Å². The zero-order valence-corrected chi connectivity index (χ0v) is 12.1. The van der Waals surface area contributed by atoms with Crippen LogP contribution in [0.5, 0.6) is 5.88 Å². The number of piperidine rings is 1. The van der Waals surface area contributed by atoms with Gasteiger partial charge in [-0.3, -0.25) is 0 Å². The van der Waals surface area contributed by atoms with E-state index in [0.29, 0.717) is 5.88 Å². The van der Waals surface area contributed by atoms with Crippen molar-refractivity contribution in [1.29, 1.82) is 0 Å². The van der Waals surface area contributed by atoms with Crippen LogP contribution in [0.3, 0.4) is 0 Å². The Hall–Kier alpha value is -1.13. The van der Waals surface area contributed by atoms with E-state index in [1.807, 2.05) is 18.2 Å². The molecule has 1 N–H and O–H groups in total. The van der Waals surface area contributed by atoms with Gasteiger partial charge in [-0.25, -0.2) is 4.98 Å². The van der Waals surface area contributed by atoms with Gasteiger partial charge in [-0.1, -0.05) is 13.0 Å². The Labute approximate surface area is 116 Å². The first-order valence-electron chi connectivity index (χ1n) is 7.21. The summed E-state index contributed by atoms with van der Waals surface area (Å²) < 4.78 is 5.12. The van der Waals surface area contributed by atoms with Gasteiger partial charge >= 0.3 is 0 Å². The molecule has 1 aliphatic rings. The smallest absolute Gasteiger partial charge is 0.213 e. The van der Waals surface area contributed by atoms with Crippen LogP contribution in [-0.2, 0) is 6.54 Å². The van der Waals surface area contributed by atoms with Gasteiger partial charge in [0.15, 0.2) is 0 Å². The lowest BCUT2D eigenvalue weighted by molar-refractivity contribution is 0.193. The van der Waals surface area contributed by atoms with E-state index in [4.69, 9.17) is 4.74 Å². The fourth-order valence-electron chi connectivity index (χ4n) is 2.41. The van der Waals surface area contributed by atoms with Crippen molar-refractivity contribution in [2.45, 2.75) is 26.3 Å². The predicted molar refractivity (Wildman–Crippen MR) is 77.3 cm³/mol. The van der Waals surface area contributed by atoms with Gasteiger partial charge < -0.3 is 15.0 Å². The molecule has 1 aliphatic heterocycles. The lowest BCUT2D eigenvalue weighted by Crippen LogP contribution is -2.37. The van der Waals surface area contributed by atoms with E-state index in [0.717, 1.165) is 31.2 Å². The van der Waals surface area contributed by atoms with Gasteiger partial charge in [-0.15, -0.1) is 0 Å². The molecule has 1 aromatic heterocycles. The summed E-state index contributed by atoms with van der Waals surface area (Å²) in [6, 6.07) is 5.88. The van der Waals surface area contributed by atoms with Crippen LogP contribution in [0.2, 0.25) is 0 Å². The van der Waals surface area contributed by atoms with E-state index in [-0.39, 0.29) is 0 Å². The Balaban J connectivity index is 1.63. The van der Waals surface area contributed by atoms with E-state index in [2.05, 4.69) is 22.1 Å². The Morgan fingerprint density at radius 2 is 2.16 bits per heavy atom. The van der Waals surface area contributed by atoms with Crippen molar-refractivity contribution in [1.82, 2.24) is 15.2 Å². The largest absolute Gasteiger partial charge is 0.481 e. The number of pyridine rings is 1. The lowest BCUT2D eigenvalue weighted by Gasteiger charge is -2.30. The number of nitrogens with one attached hydrogen (secondary N) is 1. The topological polar surface area (TPSA) is 37.4 Å². The number of nitrogens with zero attached hydrogens (tertiary/aromatic N) is 2. The second kappa shape index (κ2) is 7.46. The highest BCUT2D eigenvalue weighted by Crippen LogP contribution is 2.15. The van der Waals surface area contributed by atoms with Crippen molar-refractivity contribution in [2.75, 3.05) is 33.3 Å². The van der Waals surface area contributed by atoms with E-state index >= 15 is 0 Å². The lowest BCUT2D eigenvalue weighted by atomic mass is 9.99. The van der Waals surface area contributed by atoms with Crippen LogP contribution in [0.15, 0.2) is 18.2 Å². The molecule has 0 aromatic carbocycles. The average Bonchev–Trinajstić information content (AvgIpc) is 2.46. The number of rotatable bonds is 6. The quantitative estimate of drug-likeness (QED) is 0.796. The second-order valence-corrected chi connectivity index (χ2v) is 5.37. The summed E-state index contributed by atoms with van der Waals surface area (Å²) in [4.78, 5) is 6.93. The Morgan fingerprint density at radius 3 is 2.89 bits per heavy atom. The van der Waals surface area contributed by atoms with Gasteiger partial charge in [-0.2, -0.15) is 0 Å². The fourth-order valence-corrected chi connectivity index (χ4v) is 2.41. The maximum absolute atomic E-state index is 5.12. The highest BCUT2D eigenvalue weighted by molar-refractivity contribution is 5.15. The van der Waals surface area contributed by atoms with Crippen LogP contribution in [-0.4, -0.2) is 43.2 Å². The van der Waals surface area contributed by atoms with Crippen LogP contribution in [0.25, 0.3) is 0 Å². The molecule has 0 spiro atoms. The third-order valence-electron chi connectivity index (χ3n) is 3.78. The van der Waals surface area contributed by atoms with Gasteiger partial charge in [0.25, 0.3) is 0 Å². The maximum Gasteiger partial charge on any atom is 0.213 e. The number of aromatic nitrogens is 1. The summed E-state index contributed by atoms with van der Waals surface area (Å²) >= 11 is 0. The van der Waals surface area contributed by atoms with Crippen molar-refractivity contribution in [3.05, 3.63) is 23.9 Å². The van der Waals surface area contributed by atoms with E-state index in [1.165, 1.54) is 25.9 Å². The van der Waals surface area contributed by atoms with E-state index in [9.17, 15) is 0 Å². The van der Waals surface area contributed by atoms with Gasteiger partial charge in [0, 0.05) is 25.7 Å². The summed E-state index contributed by atoms with van der Waals surface area (Å²) in [6.07, 6.45) is 2.69. The third kappa shape index (κ3) is 4.80. The number of methoxy groups -OCH3 is 1. The predicted octanol–water partition coefficient (Wildman–Crippen LogP) is 1.91. The number of hydrogen-bond donors (Lipinski definition) is 1. The fraction of sp³-hybridized carbons (Fsp3) is 0.667. The van der Waals surface area contributed by atoms with Crippen LogP contribution in [0.1, 0.15) is 25.5 Å². The molecule has 1 saturated heterocycles. The molecule has 1 aromatic rings. The Bertz CT molecular complexity index is 375. The van der Waals surface area contributed by atoms with Crippen molar-refractivity contribution >= 4 is 0 Å². The monoisotopic (exact) mass is 263 g/mol. The molecule has 0 amide bonds. The SMILES string of the molecule is COc1cccc(CNCCN2CCC(C)CC2)n1. The average molecular weight is 263 g/mol. The summed E-state index contributed by atoms with van der Waals surface area (Å²) in [7, 11) is 1.65. The highest BCUT2D eigenvalue weighted by atomic mass is 16.5. The maximum atomic E-state index is 5.12. The molecular formula is C15H25N3O. The van der Waals surface area contributed by atoms with Crippen molar-refractivity contribution in [2.24, 2.45) is 5.92 Å². The van der Waals surface area contributed by atoms with Crippen molar-refractivity contribution in [3.8, 4) is 5.88 Å². The number of likely N-dealkylation sites (tertiary alicyclic amines) is 1. The summed E-state index contributed by atoms with van der Waals surface area (Å²) in [6.45, 7) is 7.82. The van der Waals surface area contributed by atoms with Gasteiger partial charge in [-0.05, 0) is 37.9 Å². The minimum absolute atomic E-state index is 0.685.